The fraction of sp³-hybridized carbons (Fsp3) is 0.556. The first-order valence-corrected chi connectivity index (χ1v) is 17.2. The minimum Gasteiger partial charge on any atom is -0.489 e. The Hall–Kier alpha value is -1.75. The van der Waals surface area contributed by atoms with E-state index in [0.29, 0.717) is 19.8 Å². The van der Waals surface area contributed by atoms with Crippen LogP contribution < -0.4 is 10.1 Å². The second kappa shape index (κ2) is 12.2. The van der Waals surface area contributed by atoms with Crippen molar-refractivity contribution < 1.29 is 26.5 Å². The molecule has 200 valence electrons. The van der Waals surface area contributed by atoms with Crippen LogP contribution in [0.2, 0.25) is 18.1 Å². The average molecular weight is 536 g/mol. The van der Waals surface area contributed by atoms with Gasteiger partial charge in [-0.05, 0) is 47.8 Å². The highest BCUT2D eigenvalue weighted by atomic mass is 32.2. The lowest BCUT2D eigenvalue weighted by Gasteiger charge is -2.43. The Morgan fingerprint density at radius 2 is 1.69 bits per heavy atom. The Kier molecular flexibility index (Phi) is 9.76. The van der Waals surface area contributed by atoms with Gasteiger partial charge in [0.05, 0.1) is 38.2 Å². The van der Waals surface area contributed by atoms with E-state index >= 15 is 0 Å². The Morgan fingerprint density at radius 3 is 2.31 bits per heavy atom. The molecule has 3 rings (SSSR count). The third kappa shape index (κ3) is 8.97. The van der Waals surface area contributed by atoms with Gasteiger partial charge in [-0.2, -0.15) is 8.42 Å². The highest BCUT2D eigenvalue weighted by Gasteiger charge is 2.42. The minimum absolute atomic E-state index is 0.0183. The van der Waals surface area contributed by atoms with Gasteiger partial charge >= 0.3 is 0 Å². The zero-order valence-corrected chi connectivity index (χ0v) is 24.1. The molecule has 2 aromatic rings. The quantitative estimate of drug-likeness (QED) is 0.334. The van der Waals surface area contributed by atoms with Crippen LogP contribution in [0.15, 0.2) is 54.6 Å². The second-order valence-corrected chi connectivity index (χ2v) is 17.4. The Morgan fingerprint density at radius 1 is 1.03 bits per heavy atom. The summed E-state index contributed by atoms with van der Waals surface area (Å²) in [5, 5.41) is 3.62. The summed E-state index contributed by atoms with van der Waals surface area (Å²) in [4.78, 5) is 0. The van der Waals surface area contributed by atoms with Gasteiger partial charge in [-0.3, -0.25) is 4.18 Å². The molecule has 0 amide bonds. The number of benzene rings is 2. The summed E-state index contributed by atoms with van der Waals surface area (Å²) in [5.74, 6) is 0.828. The van der Waals surface area contributed by atoms with E-state index in [9.17, 15) is 8.42 Å². The molecule has 0 aromatic heterocycles. The molecule has 0 aliphatic carbocycles. The highest BCUT2D eigenvalue weighted by molar-refractivity contribution is 7.85. The van der Waals surface area contributed by atoms with Crippen LogP contribution in [-0.2, 0) is 36.5 Å². The lowest BCUT2D eigenvalue weighted by atomic mass is 10.0. The largest absolute Gasteiger partial charge is 0.489 e. The van der Waals surface area contributed by atoms with Crippen LogP contribution in [0.1, 0.15) is 31.9 Å². The second-order valence-electron chi connectivity index (χ2n) is 11.0. The molecular weight excluding hydrogens is 494 g/mol. The van der Waals surface area contributed by atoms with Crippen molar-refractivity contribution in [3.63, 3.8) is 0 Å². The van der Waals surface area contributed by atoms with Gasteiger partial charge in [0.1, 0.15) is 12.4 Å². The van der Waals surface area contributed by atoms with Gasteiger partial charge in [0.2, 0.25) is 0 Å². The number of hydrogen-bond donors (Lipinski definition) is 1. The number of nitrogens with one attached hydrogen (secondary N) is 1. The molecule has 0 unspecified atom stereocenters. The lowest BCUT2D eigenvalue weighted by Crippen LogP contribution is -2.59. The van der Waals surface area contributed by atoms with Crippen LogP contribution in [0.4, 0.5) is 0 Å². The summed E-state index contributed by atoms with van der Waals surface area (Å²) in [6, 6.07) is 18.1. The first-order valence-electron chi connectivity index (χ1n) is 12.4. The summed E-state index contributed by atoms with van der Waals surface area (Å²) in [6.07, 6.45) is 1.41. The fourth-order valence-electron chi connectivity index (χ4n) is 3.79. The predicted octanol–water partition coefficient (Wildman–Crippen LogP) is 4.53. The van der Waals surface area contributed by atoms with Gasteiger partial charge in [-0.1, -0.05) is 63.2 Å². The monoisotopic (exact) mass is 535 g/mol. The van der Waals surface area contributed by atoms with E-state index in [2.05, 4.69) is 51.3 Å². The summed E-state index contributed by atoms with van der Waals surface area (Å²) >= 11 is 0. The van der Waals surface area contributed by atoms with E-state index in [1.807, 2.05) is 42.5 Å². The van der Waals surface area contributed by atoms with Crippen molar-refractivity contribution in [2.75, 3.05) is 26.1 Å². The first kappa shape index (κ1) is 28.8. The maximum atomic E-state index is 11.7. The smallest absolute Gasteiger partial charge is 0.264 e. The number of rotatable bonds is 11. The van der Waals surface area contributed by atoms with E-state index in [1.165, 1.54) is 0 Å². The topological polar surface area (TPSA) is 83.1 Å². The molecule has 36 heavy (non-hydrogen) atoms. The zero-order valence-electron chi connectivity index (χ0n) is 22.3. The van der Waals surface area contributed by atoms with Gasteiger partial charge in [0, 0.05) is 6.04 Å². The van der Waals surface area contributed by atoms with E-state index in [-0.39, 0.29) is 23.7 Å². The van der Waals surface area contributed by atoms with Crippen molar-refractivity contribution in [2.45, 2.75) is 70.1 Å². The molecule has 9 heteroatoms. The van der Waals surface area contributed by atoms with Gasteiger partial charge in [-0.15, -0.1) is 0 Å². The van der Waals surface area contributed by atoms with Crippen LogP contribution in [0.25, 0.3) is 0 Å². The summed E-state index contributed by atoms with van der Waals surface area (Å²) in [5.41, 5.74) is 2.29. The molecule has 1 saturated heterocycles. The van der Waals surface area contributed by atoms with Gasteiger partial charge in [-0.25, -0.2) is 0 Å². The molecule has 7 nitrogen and oxygen atoms in total. The number of morpholine rings is 1. The Balaban J connectivity index is 1.61. The molecule has 3 atom stereocenters. The Labute approximate surface area is 217 Å². The summed E-state index contributed by atoms with van der Waals surface area (Å²) in [6.45, 7) is 12.3. The standard InChI is InChI=1S/C27H41NO6SSi/c1-27(2,3)36(5,6)34-26(20-33-35(4,29)30)25-19-31-18-23(28-25)16-21-12-14-24(15-13-21)32-17-22-10-8-7-9-11-22/h7-15,23,25-26,28H,16-20H2,1-6H3/t23-,25+,26+/m0/s1. The SMILES string of the molecule is CC(C)(C)[Si](C)(C)O[C@H](COS(C)(=O)=O)[C@H]1COC[C@H](Cc2ccc(OCc3ccccc3)cc2)N1. The van der Waals surface area contributed by atoms with Crippen molar-refractivity contribution in [1.29, 1.82) is 0 Å². The normalized spacial score (nSPS) is 20.2. The van der Waals surface area contributed by atoms with E-state index in [4.69, 9.17) is 18.1 Å². The van der Waals surface area contributed by atoms with Crippen LogP contribution in [0, 0.1) is 0 Å². The van der Waals surface area contributed by atoms with Crippen molar-refractivity contribution in [2.24, 2.45) is 0 Å². The molecule has 0 bridgehead atoms. The van der Waals surface area contributed by atoms with E-state index in [0.717, 1.165) is 29.6 Å². The van der Waals surface area contributed by atoms with Gasteiger partial charge < -0.3 is 19.2 Å². The van der Waals surface area contributed by atoms with Crippen LogP contribution in [0.3, 0.4) is 0 Å². The van der Waals surface area contributed by atoms with Crippen LogP contribution >= 0.6 is 0 Å². The highest BCUT2D eigenvalue weighted by Crippen LogP contribution is 2.38. The average Bonchev–Trinajstić information content (AvgIpc) is 2.81. The maximum Gasteiger partial charge on any atom is 0.264 e. The molecule has 2 aromatic carbocycles. The van der Waals surface area contributed by atoms with Crippen molar-refractivity contribution >= 4 is 18.4 Å². The molecule has 0 radical (unpaired) electrons. The third-order valence-electron chi connectivity index (χ3n) is 6.87. The molecule has 0 spiro atoms. The molecular formula is C27H41NO6SSi. The minimum atomic E-state index is -3.58. The molecule has 1 fully saturated rings. The van der Waals surface area contributed by atoms with Crippen molar-refractivity contribution in [3.05, 3.63) is 65.7 Å². The first-order chi connectivity index (χ1) is 16.8. The summed E-state index contributed by atoms with van der Waals surface area (Å²) in [7, 11) is -5.75. The third-order valence-corrected chi connectivity index (χ3v) is 11.9. The molecule has 1 heterocycles. The van der Waals surface area contributed by atoms with Gasteiger partial charge in [0.25, 0.3) is 10.1 Å². The van der Waals surface area contributed by atoms with E-state index < -0.39 is 24.5 Å². The van der Waals surface area contributed by atoms with Crippen LogP contribution in [-0.4, -0.2) is 61.0 Å². The lowest BCUT2D eigenvalue weighted by molar-refractivity contribution is -0.0126. The predicted molar refractivity (Wildman–Crippen MR) is 145 cm³/mol. The molecule has 0 saturated carbocycles. The Bertz CT molecular complexity index is 1050. The van der Waals surface area contributed by atoms with Crippen molar-refractivity contribution in [3.8, 4) is 5.75 Å². The number of ether oxygens (including phenoxy) is 2. The summed E-state index contributed by atoms with van der Waals surface area (Å²) < 4.78 is 47.0. The van der Waals surface area contributed by atoms with Crippen molar-refractivity contribution in [1.82, 2.24) is 5.32 Å². The molecule has 1 aliphatic rings. The van der Waals surface area contributed by atoms with Crippen LogP contribution in [0.5, 0.6) is 5.75 Å². The fourth-order valence-corrected chi connectivity index (χ4v) is 5.52. The zero-order chi connectivity index (χ0) is 26.4. The molecule has 1 N–H and O–H groups in total. The number of hydrogen-bond acceptors (Lipinski definition) is 7. The van der Waals surface area contributed by atoms with E-state index in [1.54, 1.807) is 0 Å². The van der Waals surface area contributed by atoms with Gasteiger partial charge in [0.15, 0.2) is 8.32 Å². The molecule has 1 aliphatic heterocycles. The maximum absolute atomic E-state index is 11.7.